The van der Waals surface area contributed by atoms with Crippen molar-refractivity contribution >= 4 is 13.8 Å². The van der Waals surface area contributed by atoms with E-state index in [2.05, 4.69) is 38.2 Å². The highest BCUT2D eigenvalue weighted by molar-refractivity contribution is 7.47. The highest BCUT2D eigenvalue weighted by Crippen LogP contribution is 2.43. The zero-order valence-corrected chi connectivity index (χ0v) is 36.6. The Balaban J connectivity index is 4.15. The molecular formula is C45H87O9P. The molecule has 0 radical (unpaired) electrons. The summed E-state index contributed by atoms with van der Waals surface area (Å²) in [5.74, 6) is -0.387. The molecule has 9 nitrogen and oxygen atoms in total. The molecule has 0 aliphatic carbocycles. The quantitative estimate of drug-likeness (QED) is 0.0238. The van der Waals surface area contributed by atoms with Gasteiger partial charge >= 0.3 is 13.8 Å². The first-order valence-corrected chi connectivity index (χ1v) is 24.3. The van der Waals surface area contributed by atoms with Crippen LogP contribution in [0.5, 0.6) is 0 Å². The number of unbranched alkanes of at least 4 members (excludes halogenated alkanes) is 26. The van der Waals surface area contributed by atoms with E-state index < -0.39 is 33.2 Å². The Morgan fingerprint density at radius 2 is 0.927 bits per heavy atom. The van der Waals surface area contributed by atoms with Crippen LogP contribution in [0.1, 0.15) is 213 Å². The van der Waals surface area contributed by atoms with Crippen LogP contribution in [0, 0.1) is 0 Å². The lowest BCUT2D eigenvalue weighted by atomic mass is 10.1. The summed E-state index contributed by atoms with van der Waals surface area (Å²) in [6.07, 6.45) is 44.2. The number of aliphatic hydroxyl groups is 2. The van der Waals surface area contributed by atoms with E-state index in [-0.39, 0.29) is 25.6 Å². The van der Waals surface area contributed by atoms with E-state index in [4.69, 9.17) is 23.6 Å². The van der Waals surface area contributed by atoms with E-state index in [1.807, 2.05) is 0 Å². The molecule has 0 aromatic rings. The number of aliphatic hydroxyl groups excluding tert-OH is 2. The molecule has 326 valence electrons. The summed E-state index contributed by atoms with van der Waals surface area (Å²) < 4.78 is 33.4. The van der Waals surface area contributed by atoms with E-state index in [1.165, 1.54) is 135 Å². The summed E-state index contributed by atoms with van der Waals surface area (Å²) in [7, 11) is -4.52. The third kappa shape index (κ3) is 42.4. The Labute approximate surface area is 338 Å². The lowest BCUT2D eigenvalue weighted by Gasteiger charge is -2.20. The minimum atomic E-state index is -4.52. The van der Waals surface area contributed by atoms with Crippen molar-refractivity contribution in [3.63, 3.8) is 0 Å². The molecule has 0 amide bonds. The summed E-state index contributed by atoms with van der Waals surface area (Å²) in [5, 5.41) is 18.4. The fraction of sp³-hybridized carbons (Fsp3) is 0.889. The van der Waals surface area contributed by atoms with Gasteiger partial charge in [0.1, 0.15) is 12.2 Å². The Morgan fingerprint density at radius 1 is 0.545 bits per heavy atom. The van der Waals surface area contributed by atoms with Crippen LogP contribution in [0.25, 0.3) is 0 Å². The minimum absolute atomic E-state index is 0.0461. The molecule has 0 saturated heterocycles. The van der Waals surface area contributed by atoms with Gasteiger partial charge in [-0.2, -0.15) is 0 Å². The number of ether oxygens (including phenoxy) is 2. The molecular weight excluding hydrogens is 715 g/mol. The summed E-state index contributed by atoms with van der Waals surface area (Å²) in [5.41, 5.74) is 0. The lowest BCUT2D eigenvalue weighted by Crippen LogP contribution is -2.29. The van der Waals surface area contributed by atoms with E-state index in [9.17, 15) is 19.4 Å². The monoisotopic (exact) mass is 803 g/mol. The number of phosphoric ester groups is 1. The predicted octanol–water partition coefficient (Wildman–Crippen LogP) is 12.6. The topological polar surface area (TPSA) is 132 Å². The van der Waals surface area contributed by atoms with E-state index in [0.29, 0.717) is 6.61 Å². The number of rotatable bonds is 44. The molecule has 0 rings (SSSR count). The van der Waals surface area contributed by atoms with Crippen LogP contribution in [-0.4, -0.2) is 66.3 Å². The van der Waals surface area contributed by atoms with Gasteiger partial charge in [0.05, 0.1) is 26.4 Å². The van der Waals surface area contributed by atoms with Crippen molar-refractivity contribution in [1.82, 2.24) is 0 Å². The third-order valence-electron chi connectivity index (χ3n) is 9.86. The summed E-state index contributed by atoms with van der Waals surface area (Å²) >= 11 is 0. The molecule has 3 unspecified atom stereocenters. The molecule has 0 spiro atoms. The van der Waals surface area contributed by atoms with Gasteiger partial charge in [-0.15, -0.1) is 0 Å². The molecule has 3 N–H and O–H groups in total. The molecule has 0 fully saturated rings. The first kappa shape index (κ1) is 53.9. The maximum absolute atomic E-state index is 12.6. The van der Waals surface area contributed by atoms with Gasteiger partial charge in [0.15, 0.2) is 0 Å². The van der Waals surface area contributed by atoms with Gasteiger partial charge in [-0.05, 0) is 64.2 Å². The van der Waals surface area contributed by atoms with Crippen molar-refractivity contribution < 1.29 is 43.0 Å². The van der Waals surface area contributed by atoms with Crippen LogP contribution < -0.4 is 0 Å². The van der Waals surface area contributed by atoms with Crippen molar-refractivity contribution in [2.24, 2.45) is 0 Å². The minimum Gasteiger partial charge on any atom is -0.457 e. The molecule has 0 aliphatic rings. The van der Waals surface area contributed by atoms with Crippen LogP contribution in [0.15, 0.2) is 24.3 Å². The van der Waals surface area contributed by atoms with Gasteiger partial charge in [-0.1, -0.05) is 167 Å². The second-order valence-electron chi connectivity index (χ2n) is 15.4. The average Bonchev–Trinajstić information content (AvgIpc) is 3.18. The van der Waals surface area contributed by atoms with E-state index in [1.54, 1.807) is 0 Å². The number of esters is 1. The number of hydrogen-bond acceptors (Lipinski definition) is 8. The first-order chi connectivity index (χ1) is 26.8. The number of carbonyl (C=O) groups is 1. The molecule has 0 aromatic heterocycles. The molecule has 0 aliphatic heterocycles. The highest BCUT2D eigenvalue weighted by atomic mass is 31.2. The van der Waals surface area contributed by atoms with E-state index >= 15 is 0 Å². The maximum atomic E-state index is 12.6. The Hall–Kier alpha value is -1.06. The van der Waals surface area contributed by atoms with Crippen molar-refractivity contribution in [2.75, 3.05) is 33.0 Å². The zero-order valence-electron chi connectivity index (χ0n) is 35.7. The lowest BCUT2D eigenvalue weighted by molar-refractivity contribution is -0.154. The molecule has 0 saturated carbocycles. The SMILES string of the molecule is CCCCCCCC/C=C\CCCCCCCCCC(=O)OC(COCCCCCCCC/C=C\CCCCCCCCC)COP(=O)(O)OCC(O)CO. The molecule has 3 atom stereocenters. The fourth-order valence-electron chi connectivity index (χ4n) is 6.35. The normalized spacial score (nSPS) is 14.2. The van der Waals surface area contributed by atoms with Gasteiger partial charge < -0.3 is 24.6 Å². The van der Waals surface area contributed by atoms with Crippen molar-refractivity contribution in [3.05, 3.63) is 24.3 Å². The summed E-state index contributed by atoms with van der Waals surface area (Å²) in [4.78, 5) is 22.6. The largest absolute Gasteiger partial charge is 0.472 e. The number of allylic oxidation sites excluding steroid dienone is 4. The maximum Gasteiger partial charge on any atom is 0.472 e. The number of carbonyl (C=O) groups excluding carboxylic acids is 1. The highest BCUT2D eigenvalue weighted by Gasteiger charge is 2.26. The Kier molecular flexibility index (Phi) is 41.7. The average molecular weight is 803 g/mol. The van der Waals surface area contributed by atoms with Crippen molar-refractivity contribution in [1.29, 1.82) is 0 Å². The Morgan fingerprint density at radius 3 is 1.36 bits per heavy atom. The predicted molar refractivity (Wildman–Crippen MR) is 228 cm³/mol. The van der Waals surface area contributed by atoms with Gasteiger partial charge in [0, 0.05) is 13.0 Å². The van der Waals surface area contributed by atoms with E-state index in [0.717, 1.165) is 57.8 Å². The fourth-order valence-corrected chi connectivity index (χ4v) is 7.13. The van der Waals surface area contributed by atoms with Gasteiger partial charge in [-0.25, -0.2) is 4.57 Å². The van der Waals surface area contributed by atoms with Crippen LogP contribution in [0.2, 0.25) is 0 Å². The summed E-state index contributed by atoms with van der Waals surface area (Å²) in [6.45, 7) is 3.52. The molecule has 0 aromatic carbocycles. The van der Waals surface area contributed by atoms with Crippen LogP contribution in [-0.2, 0) is 27.9 Å². The Bertz CT molecular complexity index is 913. The van der Waals surface area contributed by atoms with Gasteiger partial charge in [0.2, 0.25) is 0 Å². The van der Waals surface area contributed by atoms with Gasteiger partial charge in [-0.3, -0.25) is 13.8 Å². The van der Waals surface area contributed by atoms with Crippen LogP contribution in [0.4, 0.5) is 0 Å². The number of hydrogen-bond donors (Lipinski definition) is 3. The smallest absolute Gasteiger partial charge is 0.457 e. The summed E-state index contributed by atoms with van der Waals surface area (Å²) in [6, 6.07) is 0. The zero-order chi connectivity index (χ0) is 40.3. The van der Waals surface area contributed by atoms with Gasteiger partial charge in [0.25, 0.3) is 0 Å². The molecule has 55 heavy (non-hydrogen) atoms. The van der Waals surface area contributed by atoms with Crippen LogP contribution >= 0.6 is 7.82 Å². The molecule has 0 bridgehead atoms. The number of phosphoric acid groups is 1. The molecule has 10 heteroatoms. The standard InChI is InChI=1S/C45H87O9P/c1-3-5-7-9-11-13-15-17-19-21-23-25-27-29-31-33-35-37-45(48)54-44(42-53-55(49,50)52-40-43(47)39-46)41-51-38-36-34-32-30-28-26-24-22-20-18-16-14-12-10-8-6-4-2/h17,19-20,22,43-44,46-47H,3-16,18,21,23-42H2,1-2H3,(H,49,50)/b19-17-,22-20-. The molecule has 0 heterocycles. The second-order valence-corrected chi connectivity index (χ2v) is 16.9. The van der Waals surface area contributed by atoms with Crippen molar-refractivity contribution in [3.8, 4) is 0 Å². The second kappa shape index (κ2) is 42.5. The van der Waals surface area contributed by atoms with Crippen molar-refractivity contribution in [2.45, 2.75) is 225 Å². The van der Waals surface area contributed by atoms with Crippen LogP contribution in [0.3, 0.4) is 0 Å². The first-order valence-electron chi connectivity index (χ1n) is 22.8. The third-order valence-corrected chi connectivity index (χ3v) is 10.8.